The zero-order valence-corrected chi connectivity index (χ0v) is 8.09. The van der Waals surface area contributed by atoms with Crippen LogP contribution in [-0.2, 0) is 0 Å². The summed E-state index contributed by atoms with van der Waals surface area (Å²) in [6, 6.07) is 10.0. The topological polar surface area (TPSA) is 32.6 Å². The first-order valence-electron chi connectivity index (χ1n) is 4.41. The molecule has 0 unspecified atom stereocenters. The normalized spacial score (nSPS) is 12.8. The summed E-state index contributed by atoms with van der Waals surface area (Å²) in [6.45, 7) is 1.73. The lowest BCUT2D eigenvalue weighted by Gasteiger charge is -1.88. The van der Waals surface area contributed by atoms with Crippen molar-refractivity contribution < 1.29 is 5.21 Å². The fraction of sp³-hybridized carbons (Fsp3) is 0.0833. The van der Waals surface area contributed by atoms with Crippen molar-refractivity contribution in [3.8, 4) is 0 Å². The van der Waals surface area contributed by atoms with Crippen LogP contribution in [0.5, 0.6) is 0 Å². The standard InChI is InChI=1S/C12H13NO/c1-11(13-14)7-5-6-10-12-8-3-2-4-9-12/h2-10,14H,1H3. The molecule has 0 aliphatic heterocycles. The number of rotatable bonds is 3. The molecule has 0 saturated carbocycles. The van der Waals surface area contributed by atoms with Crippen LogP contribution in [0.2, 0.25) is 0 Å². The van der Waals surface area contributed by atoms with E-state index >= 15 is 0 Å². The molecular formula is C12H13NO. The van der Waals surface area contributed by atoms with Gasteiger partial charge in [0, 0.05) is 0 Å². The number of hydrogen-bond acceptors (Lipinski definition) is 2. The van der Waals surface area contributed by atoms with Gasteiger partial charge in [-0.1, -0.05) is 53.7 Å². The number of nitrogens with zero attached hydrogens (tertiary/aromatic N) is 1. The summed E-state index contributed by atoms with van der Waals surface area (Å²) in [5, 5.41) is 11.4. The first-order chi connectivity index (χ1) is 6.83. The Hall–Kier alpha value is -1.83. The Morgan fingerprint density at radius 2 is 1.93 bits per heavy atom. The number of allylic oxidation sites excluding steroid dienone is 3. The van der Waals surface area contributed by atoms with Crippen molar-refractivity contribution in [2.24, 2.45) is 5.16 Å². The average Bonchev–Trinajstić information content (AvgIpc) is 2.25. The molecule has 72 valence electrons. The molecular weight excluding hydrogens is 174 g/mol. The number of oxime groups is 1. The van der Waals surface area contributed by atoms with Crippen LogP contribution in [-0.4, -0.2) is 10.9 Å². The Labute approximate surface area is 83.9 Å². The second-order valence-corrected chi connectivity index (χ2v) is 2.87. The van der Waals surface area contributed by atoms with Crippen molar-refractivity contribution in [2.45, 2.75) is 6.92 Å². The summed E-state index contributed by atoms with van der Waals surface area (Å²) in [4.78, 5) is 0. The highest BCUT2D eigenvalue weighted by Gasteiger charge is 1.81. The van der Waals surface area contributed by atoms with Gasteiger partial charge in [0.05, 0.1) is 5.71 Å². The molecule has 0 aromatic heterocycles. The highest BCUT2D eigenvalue weighted by molar-refractivity contribution is 5.92. The summed E-state index contributed by atoms with van der Waals surface area (Å²) in [5.74, 6) is 0. The lowest BCUT2D eigenvalue weighted by molar-refractivity contribution is 0.319. The van der Waals surface area contributed by atoms with E-state index in [9.17, 15) is 0 Å². The first-order valence-corrected chi connectivity index (χ1v) is 4.41. The van der Waals surface area contributed by atoms with Crippen molar-refractivity contribution in [1.82, 2.24) is 0 Å². The summed E-state index contributed by atoms with van der Waals surface area (Å²) in [7, 11) is 0. The summed E-state index contributed by atoms with van der Waals surface area (Å²) >= 11 is 0. The lowest BCUT2D eigenvalue weighted by Crippen LogP contribution is -1.80. The molecule has 0 spiro atoms. The molecule has 0 amide bonds. The van der Waals surface area contributed by atoms with E-state index < -0.39 is 0 Å². The minimum atomic E-state index is 0.586. The van der Waals surface area contributed by atoms with Crippen molar-refractivity contribution in [1.29, 1.82) is 0 Å². The highest BCUT2D eigenvalue weighted by atomic mass is 16.4. The fourth-order valence-corrected chi connectivity index (χ4v) is 0.959. The minimum absolute atomic E-state index is 0.586. The van der Waals surface area contributed by atoms with E-state index in [4.69, 9.17) is 5.21 Å². The Bertz CT molecular complexity index is 350. The van der Waals surface area contributed by atoms with Crippen molar-refractivity contribution in [3.05, 3.63) is 54.1 Å². The fourth-order valence-electron chi connectivity index (χ4n) is 0.959. The van der Waals surface area contributed by atoms with Gasteiger partial charge in [-0.25, -0.2) is 0 Å². The molecule has 2 nitrogen and oxygen atoms in total. The number of hydrogen-bond donors (Lipinski definition) is 1. The van der Waals surface area contributed by atoms with Gasteiger partial charge in [0.2, 0.25) is 0 Å². The molecule has 0 atom stereocenters. The van der Waals surface area contributed by atoms with E-state index in [1.807, 2.05) is 48.6 Å². The maximum Gasteiger partial charge on any atom is 0.0764 e. The molecule has 1 aromatic rings. The van der Waals surface area contributed by atoms with Crippen molar-refractivity contribution >= 4 is 11.8 Å². The maximum atomic E-state index is 8.36. The average molecular weight is 187 g/mol. The van der Waals surface area contributed by atoms with Gasteiger partial charge in [0.1, 0.15) is 0 Å². The molecule has 0 saturated heterocycles. The van der Waals surface area contributed by atoms with Gasteiger partial charge in [-0.2, -0.15) is 0 Å². The smallest absolute Gasteiger partial charge is 0.0764 e. The van der Waals surface area contributed by atoms with Crippen LogP contribution >= 0.6 is 0 Å². The van der Waals surface area contributed by atoms with E-state index in [1.54, 1.807) is 13.0 Å². The van der Waals surface area contributed by atoms with Gasteiger partial charge in [-0.05, 0) is 18.6 Å². The molecule has 1 N–H and O–H groups in total. The second kappa shape index (κ2) is 5.75. The van der Waals surface area contributed by atoms with E-state index in [0.717, 1.165) is 5.56 Å². The third-order valence-corrected chi connectivity index (χ3v) is 1.69. The summed E-state index contributed by atoms with van der Waals surface area (Å²) in [5.41, 5.74) is 1.73. The summed E-state index contributed by atoms with van der Waals surface area (Å²) in [6.07, 6.45) is 7.46. The van der Waals surface area contributed by atoms with Crippen LogP contribution in [0, 0.1) is 0 Å². The Morgan fingerprint density at radius 3 is 2.57 bits per heavy atom. The molecule has 0 heterocycles. The molecule has 0 aliphatic carbocycles. The quantitative estimate of drug-likeness (QED) is 0.335. The van der Waals surface area contributed by atoms with Gasteiger partial charge in [-0.3, -0.25) is 0 Å². The van der Waals surface area contributed by atoms with Crippen LogP contribution in [0.4, 0.5) is 0 Å². The lowest BCUT2D eigenvalue weighted by atomic mass is 10.2. The molecule has 2 heteroatoms. The molecule has 0 bridgehead atoms. The molecule has 0 radical (unpaired) electrons. The Kier molecular flexibility index (Phi) is 4.21. The van der Waals surface area contributed by atoms with E-state index in [1.165, 1.54) is 0 Å². The van der Waals surface area contributed by atoms with Gasteiger partial charge in [-0.15, -0.1) is 0 Å². The summed E-state index contributed by atoms with van der Waals surface area (Å²) < 4.78 is 0. The molecule has 1 rings (SSSR count). The van der Waals surface area contributed by atoms with Gasteiger partial charge < -0.3 is 5.21 Å². The first kappa shape index (κ1) is 10.3. The van der Waals surface area contributed by atoms with Crippen LogP contribution in [0.3, 0.4) is 0 Å². The van der Waals surface area contributed by atoms with Crippen LogP contribution in [0.15, 0.2) is 53.7 Å². The van der Waals surface area contributed by atoms with Crippen LogP contribution in [0.1, 0.15) is 12.5 Å². The largest absolute Gasteiger partial charge is 0.411 e. The molecule has 0 fully saturated rings. The van der Waals surface area contributed by atoms with Crippen molar-refractivity contribution in [2.75, 3.05) is 0 Å². The van der Waals surface area contributed by atoms with E-state index in [0.29, 0.717) is 5.71 Å². The third kappa shape index (κ3) is 3.72. The Balaban J connectivity index is 2.54. The Morgan fingerprint density at radius 1 is 1.21 bits per heavy atom. The molecule has 1 aromatic carbocycles. The number of benzene rings is 1. The second-order valence-electron chi connectivity index (χ2n) is 2.87. The predicted molar refractivity (Wildman–Crippen MR) is 59.5 cm³/mol. The van der Waals surface area contributed by atoms with Crippen LogP contribution < -0.4 is 0 Å². The molecule has 14 heavy (non-hydrogen) atoms. The molecule has 0 aliphatic rings. The van der Waals surface area contributed by atoms with Gasteiger partial charge >= 0.3 is 0 Å². The van der Waals surface area contributed by atoms with E-state index in [2.05, 4.69) is 5.16 Å². The van der Waals surface area contributed by atoms with Gasteiger partial charge in [0.25, 0.3) is 0 Å². The third-order valence-electron chi connectivity index (χ3n) is 1.69. The SMILES string of the molecule is CC(C=CC=Cc1ccccc1)=NO. The zero-order valence-electron chi connectivity index (χ0n) is 8.09. The van der Waals surface area contributed by atoms with E-state index in [-0.39, 0.29) is 0 Å². The maximum absolute atomic E-state index is 8.36. The minimum Gasteiger partial charge on any atom is -0.411 e. The van der Waals surface area contributed by atoms with Gasteiger partial charge in [0.15, 0.2) is 0 Å². The zero-order chi connectivity index (χ0) is 10.2. The van der Waals surface area contributed by atoms with Crippen molar-refractivity contribution in [3.63, 3.8) is 0 Å². The van der Waals surface area contributed by atoms with Crippen LogP contribution in [0.25, 0.3) is 6.08 Å². The predicted octanol–water partition coefficient (Wildman–Crippen LogP) is 3.11. The monoisotopic (exact) mass is 187 g/mol. The highest BCUT2D eigenvalue weighted by Crippen LogP contribution is 2.00.